The molecule has 2 rings (SSSR count). The van der Waals surface area contributed by atoms with E-state index in [1.165, 1.54) is 16.7 Å². The minimum atomic E-state index is -0.540. The lowest BCUT2D eigenvalue weighted by molar-refractivity contribution is -0.138. The number of rotatable bonds is 11. The zero-order chi connectivity index (χ0) is 22.8. The van der Waals surface area contributed by atoms with Crippen molar-refractivity contribution in [2.75, 3.05) is 12.3 Å². The highest BCUT2D eigenvalue weighted by Gasteiger charge is 2.25. The van der Waals surface area contributed by atoms with Crippen LogP contribution in [0.25, 0.3) is 0 Å². The molecule has 2 aromatic rings. The number of aryl methyl sites for hydroxylation is 2. The highest BCUT2D eigenvalue weighted by Crippen LogP contribution is 2.19. The predicted molar refractivity (Wildman–Crippen MR) is 131 cm³/mol. The van der Waals surface area contributed by atoms with Crippen LogP contribution in [0.3, 0.4) is 0 Å². The minimum Gasteiger partial charge on any atom is -0.354 e. The van der Waals surface area contributed by atoms with Gasteiger partial charge in [0.05, 0.1) is 5.75 Å². The second-order valence-corrected chi connectivity index (χ2v) is 9.38. The van der Waals surface area contributed by atoms with E-state index in [2.05, 4.69) is 44.3 Å². The van der Waals surface area contributed by atoms with Gasteiger partial charge in [-0.05, 0) is 50.5 Å². The topological polar surface area (TPSA) is 49.4 Å². The molecule has 168 valence electrons. The van der Waals surface area contributed by atoms with Gasteiger partial charge in [-0.3, -0.25) is 9.59 Å². The third-order valence-electron chi connectivity index (χ3n) is 5.04. The second-order valence-electron chi connectivity index (χ2n) is 7.96. The second kappa shape index (κ2) is 12.8. The Hall–Kier alpha value is -1.98. The first-order valence-electron chi connectivity index (χ1n) is 10.8. The molecule has 0 aromatic heterocycles. The van der Waals surface area contributed by atoms with Crippen molar-refractivity contribution in [2.45, 2.75) is 58.9 Å². The standard InChI is InChI=1S/C25H33ClN2O2S/c1-5-6-11-27-25(30)20(4)28(15-21-7-9-23(26)10-8-21)24(29)17-31-16-22-13-18(2)12-19(3)14-22/h7-10,12-14,20H,5-6,11,15-17H2,1-4H3,(H,27,30)/t20-/m1/s1. The van der Waals surface area contributed by atoms with Crippen molar-refractivity contribution in [3.05, 3.63) is 69.7 Å². The molecule has 31 heavy (non-hydrogen) atoms. The predicted octanol–water partition coefficient (Wildman–Crippen LogP) is 5.52. The van der Waals surface area contributed by atoms with Gasteiger partial charge in [0.15, 0.2) is 0 Å². The van der Waals surface area contributed by atoms with Crippen LogP contribution in [0.2, 0.25) is 5.02 Å². The molecular weight excluding hydrogens is 428 g/mol. The molecule has 0 heterocycles. The third-order valence-corrected chi connectivity index (χ3v) is 6.28. The van der Waals surface area contributed by atoms with E-state index in [0.29, 0.717) is 23.9 Å². The van der Waals surface area contributed by atoms with Gasteiger partial charge in [-0.25, -0.2) is 0 Å². The van der Waals surface area contributed by atoms with E-state index >= 15 is 0 Å². The maximum absolute atomic E-state index is 13.1. The average Bonchev–Trinajstić information content (AvgIpc) is 2.72. The molecule has 0 radical (unpaired) electrons. The smallest absolute Gasteiger partial charge is 0.242 e. The number of unbranched alkanes of at least 4 members (excludes halogenated alkanes) is 1. The molecule has 1 N–H and O–H groups in total. The molecule has 0 saturated carbocycles. The Labute approximate surface area is 195 Å². The van der Waals surface area contributed by atoms with Gasteiger partial charge in [-0.15, -0.1) is 11.8 Å². The van der Waals surface area contributed by atoms with Gasteiger partial charge in [0.25, 0.3) is 0 Å². The molecule has 0 aliphatic heterocycles. The molecule has 0 fully saturated rings. The fraction of sp³-hybridized carbons (Fsp3) is 0.440. The highest BCUT2D eigenvalue weighted by atomic mass is 35.5. The molecule has 0 aliphatic rings. The summed E-state index contributed by atoms with van der Waals surface area (Å²) in [6.07, 6.45) is 1.94. The zero-order valence-corrected chi connectivity index (χ0v) is 20.5. The molecule has 1 atom stereocenters. The number of hydrogen-bond acceptors (Lipinski definition) is 3. The lowest BCUT2D eigenvalue weighted by Crippen LogP contribution is -2.48. The summed E-state index contributed by atoms with van der Waals surface area (Å²) in [4.78, 5) is 27.4. The van der Waals surface area contributed by atoms with Crippen LogP contribution in [0.1, 0.15) is 48.9 Å². The fourth-order valence-corrected chi connectivity index (χ4v) is 4.37. The molecule has 0 saturated heterocycles. The number of nitrogens with zero attached hydrogens (tertiary/aromatic N) is 1. The maximum Gasteiger partial charge on any atom is 0.242 e. The van der Waals surface area contributed by atoms with Crippen molar-refractivity contribution in [3.8, 4) is 0 Å². The average molecular weight is 461 g/mol. The lowest BCUT2D eigenvalue weighted by Gasteiger charge is -2.29. The highest BCUT2D eigenvalue weighted by molar-refractivity contribution is 7.99. The summed E-state index contributed by atoms with van der Waals surface area (Å²) >= 11 is 7.58. The number of nitrogens with one attached hydrogen (secondary N) is 1. The van der Waals surface area contributed by atoms with Crippen LogP contribution >= 0.6 is 23.4 Å². The van der Waals surface area contributed by atoms with Crippen molar-refractivity contribution in [1.29, 1.82) is 0 Å². The molecular formula is C25H33ClN2O2S. The first-order chi connectivity index (χ1) is 14.8. The quantitative estimate of drug-likeness (QED) is 0.449. The molecule has 0 spiro atoms. The number of benzene rings is 2. The van der Waals surface area contributed by atoms with Crippen LogP contribution in [-0.4, -0.2) is 35.1 Å². The minimum absolute atomic E-state index is 0.0394. The summed E-state index contributed by atoms with van der Waals surface area (Å²) in [5, 5.41) is 3.60. The SMILES string of the molecule is CCCCNC(=O)[C@@H](C)N(Cc1ccc(Cl)cc1)C(=O)CSCc1cc(C)cc(C)c1. The molecule has 2 aromatic carbocycles. The van der Waals surface area contributed by atoms with E-state index in [9.17, 15) is 9.59 Å². The Morgan fingerprint density at radius 1 is 1.06 bits per heavy atom. The van der Waals surface area contributed by atoms with E-state index < -0.39 is 6.04 Å². The number of hydrogen-bond donors (Lipinski definition) is 1. The molecule has 6 heteroatoms. The Morgan fingerprint density at radius 2 is 1.71 bits per heavy atom. The number of amides is 2. The van der Waals surface area contributed by atoms with E-state index in [1.807, 2.05) is 12.1 Å². The Balaban J connectivity index is 2.05. The summed E-state index contributed by atoms with van der Waals surface area (Å²) in [6.45, 7) is 9.05. The fourth-order valence-electron chi connectivity index (χ4n) is 3.40. The van der Waals surface area contributed by atoms with Crippen LogP contribution in [0.5, 0.6) is 0 Å². The van der Waals surface area contributed by atoms with Crippen molar-refractivity contribution >= 4 is 35.2 Å². The van der Waals surface area contributed by atoms with Crippen molar-refractivity contribution in [3.63, 3.8) is 0 Å². The van der Waals surface area contributed by atoms with Gasteiger partial charge < -0.3 is 10.2 Å². The largest absolute Gasteiger partial charge is 0.354 e. The van der Waals surface area contributed by atoms with E-state index in [0.717, 1.165) is 24.2 Å². The summed E-state index contributed by atoms with van der Waals surface area (Å²) in [6, 6.07) is 13.3. The zero-order valence-electron chi connectivity index (χ0n) is 18.9. The summed E-state index contributed by atoms with van der Waals surface area (Å²) < 4.78 is 0. The van der Waals surface area contributed by atoms with Crippen LogP contribution in [-0.2, 0) is 21.9 Å². The van der Waals surface area contributed by atoms with Crippen molar-refractivity contribution in [2.24, 2.45) is 0 Å². The van der Waals surface area contributed by atoms with E-state index in [1.54, 1.807) is 35.7 Å². The third kappa shape index (κ3) is 8.58. The van der Waals surface area contributed by atoms with Gasteiger partial charge >= 0.3 is 0 Å². The van der Waals surface area contributed by atoms with Gasteiger partial charge in [0, 0.05) is 23.9 Å². The number of carbonyl (C=O) groups excluding carboxylic acids is 2. The van der Waals surface area contributed by atoms with Crippen LogP contribution in [0.4, 0.5) is 0 Å². The summed E-state index contributed by atoms with van der Waals surface area (Å²) in [7, 11) is 0. The molecule has 2 amide bonds. The Bertz CT molecular complexity index is 850. The lowest BCUT2D eigenvalue weighted by atomic mass is 10.1. The van der Waals surface area contributed by atoms with E-state index in [-0.39, 0.29) is 11.8 Å². The first kappa shape index (κ1) is 25.3. The van der Waals surface area contributed by atoms with Gasteiger partial charge in [0.1, 0.15) is 6.04 Å². The van der Waals surface area contributed by atoms with Crippen molar-refractivity contribution in [1.82, 2.24) is 10.2 Å². The normalized spacial score (nSPS) is 11.8. The van der Waals surface area contributed by atoms with Crippen LogP contribution in [0.15, 0.2) is 42.5 Å². The summed E-state index contributed by atoms with van der Waals surface area (Å²) in [5.41, 5.74) is 4.61. The van der Waals surface area contributed by atoms with Crippen LogP contribution in [0, 0.1) is 13.8 Å². The van der Waals surface area contributed by atoms with Gasteiger partial charge in [-0.1, -0.05) is 66.4 Å². The van der Waals surface area contributed by atoms with Crippen LogP contribution < -0.4 is 5.32 Å². The van der Waals surface area contributed by atoms with Crippen molar-refractivity contribution < 1.29 is 9.59 Å². The Kier molecular flexibility index (Phi) is 10.4. The maximum atomic E-state index is 13.1. The molecule has 0 unspecified atom stereocenters. The first-order valence-corrected chi connectivity index (χ1v) is 12.3. The van der Waals surface area contributed by atoms with Gasteiger partial charge in [0.2, 0.25) is 11.8 Å². The number of thioether (sulfide) groups is 1. The monoisotopic (exact) mass is 460 g/mol. The summed E-state index contributed by atoms with van der Waals surface area (Å²) in [5.74, 6) is 0.936. The Morgan fingerprint density at radius 3 is 2.32 bits per heavy atom. The number of carbonyl (C=O) groups is 2. The number of halogens is 1. The molecule has 0 aliphatic carbocycles. The van der Waals surface area contributed by atoms with Gasteiger partial charge in [-0.2, -0.15) is 0 Å². The molecule has 4 nitrogen and oxygen atoms in total. The molecule has 0 bridgehead atoms. The van der Waals surface area contributed by atoms with E-state index in [4.69, 9.17) is 11.6 Å².